The molecule has 1 aliphatic rings. The van der Waals surface area contributed by atoms with Crippen LogP contribution in [0.1, 0.15) is 43.1 Å². The second kappa shape index (κ2) is 5.48. The maximum absolute atomic E-state index is 4.36. The van der Waals surface area contributed by atoms with E-state index in [2.05, 4.69) is 32.0 Å². The molecular formula is C14H19N5. The van der Waals surface area contributed by atoms with Crippen LogP contribution < -0.4 is 5.32 Å². The van der Waals surface area contributed by atoms with Gasteiger partial charge in [-0.25, -0.2) is 0 Å². The first-order valence-electron chi connectivity index (χ1n) is 6.90. The van der Waals surface area contributed by atoms with Gasteiger partial charge in [-0.05, 0) is 31.9 Å². The summed E-state index contributed by atoms with van der Waals surface area (Å²) >= 11 is 0. The minimum Gasteiger partial charge on any atom is -0.314 e. The molecule has 2 aromatic rings. The summed E-state index contributed by atoms with van der Waals surface area (Å²) in [6.07, 6.45) is 5.35. The molecular weight excluding hydrogens is 238 g/mol. The largest absolute Gasteiger partial charge is 0.314 e. The number of fused-ring (bicyclic) bond motifs is 1. The van der Waals surface area contributed by atoms with E-state index in [1.54, 1.807) is 0 Å². The van der Waals surface area contributed by atoms with E-state index in [-0.39, 0.29) is 6.04 Å². The molecule has 2 aromatic heterocycles. The van der Waals surface area contributed by atoms with Crippen LogP contribution in [0.2, 0.25) is 0 Å². The fourth-order valence-corrected chi connectivity index (χ4v) is 2.48. The Morgan fingerprint density at radius 3 is 3.11 bits per heavy atom. The maximum atomic E-state index is 4.36. The van der Waals surface area contributed by atoms with Gasteiger partial charge in [-0.15, -0.1) is 10.2 Å². The summed E-state index contributed by atoms with van der Waals surface area (Å²) < 4.78 is 2.25. The van der Waals surface area contributed by atoms with Crippen LogP contribution >= 0.6 is 0 Å². The number of hydrogen-bond donors (Lipinski definition) is 1. The molecule has 0 saturated carbocycles. The van der Waals surface area contributed by atoms with E-state index >= 15 is 0 Å². The molecule has 0 aliphatic carbocycles. The lowest BCUT2D eigenvalue weighted by Crippen LogP contribution is -2.22. The topological polar surface area (TPSA) is 55.6 Å². The monoisotopic (exact) mass is 257 g/mol. The molecule has 5 nitrogen and oxygen atoms in total. The third-order valence-electron chi connectivity index (χ3n) is 3.63. The number of aromatic nitrogens is 4. The number of nitrogens with zero attached hydrogens (tertiary/aromatic N) is 4. The first-order chi connectivity index (χ1) is 9.34. The van der Waals surface area contributed by atoms with Gasteiger partial charge in [0.15, 0.2) is 0 Å². The molecule has 3 heterocycles. The average molecular weight is 257 g/mol. The van der Waals surface area contributed by atoms with Gasteiger partial charge in [0.1, 0.15) is 11.6 Å². The lowest BCUT2D eigenvalue weighted by atomic mass is 10.1. The molecule has 5 heteroatoms. The zero-order chi connectivity index (χ0) is 13.1. The van der Waals surface area contributed by atoms with Crippen molar-refractivity contribution >= 4 is 0 Å². The second-order valence-electron chi connectivity index (χ2n) is 5.00. The van der Waals surface area contributed by atoms with E-state index in [1.807, 2.05) is 24.4 Å². The molecule has 0 unspecified atom stereocenters. The highest BCUT2D eigenvalue weighted by atomic mass is 15.3. The average Bonchev–Trinajstić information content (AvgIpc) is 2.89. The molecule has 0 spiro atoms. The Morgan fingerprint density at radius 1 is 1.32 bits per heavy atom. The Bertz CT molecular complexity index is 534. The van der Waals surface area contributed by atoms with E-state index in [0.29, 0.717) is 0 Å². The van der Waals surface area contributed by atoms with Crippen molar-refractivity contribution in [1.29, 1.82) is 0 Å². The first-order valence-corrected chi connectivity index (χ1v) is 6.90. The molecule has 0 aromatic carbocycles. The zero-order valence-electron chi connectivity index (χ0n) is 11.2. The van der Waals surface area contributed by atoms with E-state index < -0.39 is 0 Å². The summed E-state index contributed by atoms with van der Waals surface area (Å²) in [7, 11) is 0. The standard InChI is InChI=1S/C14H19N5/c1-11(12-6-2-4-8-15-12)16-10-14-18-17-13-7-3-5-9-19(13)14/h2,4,6,8,11,16H,3,5,7,9-10H2,1H3/t11-/m0/s1. The third kappa shape index (κ3) is 2.66. The molecule has 3 rings (SSSR count). The van der Waals surface area contributed by atoms with Gasteiger partial charge < -0.3 is 9.88 Å². The third-order valence-corrected chi connectivity index (χ3v) is 3.63. The summed E-state index contributed by atoms with van der Waals surface area (Å²) in [5.41, 5.74) is 1.06. The normalized spacial score (nSPS) is 16.1. The van der Waals surface area contributed by atoms with Crippen LogP contribution in [0.5, 0.6) is 0 Å². The highest BCUT2D eigenvalue weighted by Gasteiger charge is 2.16. The van der Waals surface area contributed by atoms with Gasteiger partial charge in [-0.2, -0.15) is 0 Å². The van der Waals surface area contributed by atoms with Crippen LogP contribution in [0.4, 0.5) is 0 Å². The first kappa shape index (κ1) is 12.3. The second-order valence-corrected chi connectivity index (χ2v) is 5.00. The predicted octanol–water partition coefficient (Wildman–Crippen LogP) is 1.86. The van der Waals surface area contributed by atoms with Crippen LogP contribution in [0.25, 0.3) is 0 Å². The molecule has 19 heavy (non-hydrogen) atoms. The molecule has 1 aliphatic heterocycles. The summed E-state index contributed by atoms with van der Waals surface area (Å²) in [6.45, 7) is 3.91. The minimum absolute atomic E-state index is 0.220. The lowest BCUT2D eigenvalue weighted by molar-refractivity contribution is 0.481. The highest BCUT2D eigenvalue weighted by Crippen LogP contribution is 2.15. The van der Waals surface area contributed by atoms with Crippen molar-refractivity contribution in [3.8, 4) is 0 Å². The Labute approximate surface area is 113 Å². The molecule has 0 bridgehead atoms. The van der Waals surface area contributed by atoms with Crippen LogP contribution in [0.15, 0.2) is 24.4 Å². The van der Waals surface area contributed by atoms with Gasteiger partial charge in [0.05, 0.1) is 12.2 Å². The van der Waals surface area contributed by atoms with E-state index in [4.69, 9.17) is 0 Å². The number of aryl methyl sites for hydroxylation is 1. The zero-order valence-corrected chi connectivity index (χ0v) is 11.2. The molecule has 100 valence electrons. The highest BCUT2D eigenvalue weighted by molar-refractivity contribution is 5.08. The summed E-state index contributed by atoms with van der Waals surface area (Å²) in [6, 6.07) is 6.21. The molecule has 0 amide bonds. The van der Waals surface area contributed by atoms with Gasteiger partial charge >= 0.3 is 0 Å². The Morgan fingerprint density at radius 2 is 2.26 bits per heavy atom. The van der Waals surface area contributed by atoms with Crippen LogP contribution in [-0.2, 0) is 19.5 Å². The van der Waals surface area contributed by atoms with Gasteiger partial charge in [0.2, 0.25) is 0 Å². The van der Waals surface area contributed by atoms with Gasteiger partial charge in [0, 0.05) is 25.2 Å². The fourth-order valence-electron chi connectivity index (χ4n) is 2.48. The Kier molecular flexibility index (Phi) is 3.55. The molecule has 0 radical (unpaired) electrons. The van der Waals surface area contributed by atoms with Crippen molar-refractivity contribution in [3.63, 3.8) is 0 Å². The van der Waals surface area contributed by atoms with Gasteiger partial charge in [-0.3, -0.25) is 4.98 Å². The summed E-state index contributed by atoms with van der Waals surface area (Å²) in [4.78, 5) is 4.36. The quantitative estimate of drug-likeness (QED) is 0.908. The lowest BCUT2D eigenvalue weighted by Gasteiger charge is -2.16. The molecule has 0 fully saturated rings. The SMILES string of the molecule is C[C@H](NCc1nnc2n1CCCC2)c1ccccn1. The van der Waals surface area contributed by atoms with E-state index in [0.717, 1.165) is 36.9 Å². The van der Waals surface area contributed by atoms with Crippen molar-refractivity contribution in [3.05, 3.63) is 41.7 Å². The maximum Gasteiger partial charge on any atom is 0.147 e. The van der Waals surface area contributed by atoms with Gasteiger partial charge in [-0.1, -0.05) is 6.07 Å². The summed E-state index contributed by atoms with van der Waals surface area (Å²) in [5.74, 6) is 2.17. The number of nitrogens with one attached hydrogen (secondary N) is 1. The smallest absolute Gasteiger partial charge is 0.147 e. The van der Waals surface area contributed by atoms with Crippen molar-refractivity contribution in [2.75, 3.05) is 0 Å². The Hall–Kier alpha value is -1.75. The Balaban J connectivity index is 1.65. The van der Waals surface area contributed by atoms with Crippen molar-refractivity contribution in [2.24, 2.45) is 0 Å². The van der Waals surface area contributed by atoms with Crippen molar-refractivity contribution in [1.82, 2.24) is 25.1 Å². The molecule has 1 N–H and O–H groups in total. The fraction of sp³-hybridized carbons (Fsp3) is 0.500. The number of hydrogen-bond acceptors (Lipinski definition) is 4. The molecule has 1 atom stereocenters. The number of rotatable bonds is 4. The van der Waals surface area contributed by atoms with Crippen LogP contribution in [0, 0.1) is 0 Å². The van der Waals surface area contributed by atoms with E-state index in [1.165, 1.54) is 12.8 Å². The van der Waals surface area contributed by atoms with Crippen LogP contribution in [0.3, 0.4) is 0 Å². The summed E-state index contributed by atoms with van der Waals surface area (Å²) in [5, 5.41) is 12.0. The minimum atomic E-state index is 0.220. The predicted molar refractivity (Wildman–Crippen MR) is 72.5 cm³/mol. The van der Waals surface area contributed by atoms with Gasteiger partial charge in [0.25, 0.3) is 0 Å². The van der Waals surface area contributed by atoms with Crippen molar-refractivity contribution < 1.29 is 0 Å². The molecule has 0 saturated heterocycles. The van der Waals surface area contributed by atoms with Crippen molar-refractivity contribution in [2.45, 2.75) is 45.3 Å². The van der Waals surface area contributed by atoms with E-state index in [9.17, 15) is 0 Å². The van der Waals surface area contributed by atoms with Crippen LogP contribution in [-0.4, -0.2) is 19.7 Å². The number of pyridine rings is 1.